The Hall–Kier alpha value is -2.10. The second-order valence-corrected chi connectivity index (χ2v) is 5.16. The summed E-state index contributed by atoms with van der Waals surface area (Å²) in [6, 6.07) is 12.7. The van der Waals surface area contributed by atoms with Gasteiger partial charge >= 0.3 is 0 Å². The average molecular weight is 285 g/mol. The second-order valence-electron chi connectivity index (χ2n) is 5.16. The molecule has 0 saturated carbocycles. The van der Waals surface area contributed by atoms with Gasteiger partial charge in [-0.1, -0.05) is 37.3 Å². The third-order valence-corrected chi connectivity index (χ3v) is 3.20. The smallest absolute Gasteiger partial charge is 0.218 e. The van der Waals surface area contributed by atoms with E-state index in [0.29, 0.717) is 18.5 Å². The largest absolute Gasteiger partial charge is 0.478 e. The van der Waals surface area contributed by atoms with Gasteiger partial charge in [-0.05, 0) is 31.7 Å². The van der Waals surface area contributed by atoms with Crippen LogP contribution in [0.3, 0.4) is 0 Å². The van der Waals surface area contributed by atoms with Crippen LogP contribution in [-0.4, -0.2) is 22.6 Å². The van der Waals surface area contributed by atoms with Crippen molar-refractivity contribution in [3.05, 3.63) is 48.3 Å². The summed E-state index contributed by atoms with van der Waals surface area (Å²) >= 11 is 0. The van der Waals surface area contributed by atoms with E-state index in [1.54, 1.807) is 0 Å². The summed E-state index contributed by atoms with van der Waals surface area (Å²) in [6.45, 7) is 4.92. The van der Waals surface area contributed by atoms with Crippen LogP contribution in [0.2, 0.25) is 0 Å². The van der Waals surface area contributed by atoms with Crippen LogP contribution in [0.5, 0.6) is 5.88 Å². The lowest BCUT2D eigenvalue weighted by Gasteiger charge is -2.15. The highest BCUT2D eigenvalue weighted by Gasteiger charge is 2.05. The predicted molar refractivity (Wildman–Crippen MR) is 85.7 cm³/mol. The third kappa shape index (κ3) is 5.42. The van der Waals surface area contributed by atoms with Crippen molar-refractivity contribution in [2.75, 3.05) is 11.9 Å². The van der Waals surface area contributed by atoms with E-state index in [4.69, 9.17) is 4.74 Å². The normalized spacial score (nSPS) is 11.9. The molecule has 1 atom stereocenters. The van der Waals surface area contributed by atoms with E-state index in [2.05, 4.69) is 53.4 Å². The molecule has 21 heavy (non-hydrogen) atoms. The van der Waals surface area contributed by atoms with E-state index in [-0.39, 0.29) is 0 Å². The first kappa shape index (κ1) is 15.3. The Morgan fingerprint density at radius 3 is 2.76 bits per heavy atom. The maximum atomic E-state index is 5.52. The van der Waals surface area contributed by atoms with Crippen LogP contribution in [0.25, 0.3) is 0 Å². The van der Waals surface area contributed by atoms with E-state index in [1.807, 2.05) is 12.1 Å². The minimum Gasteiger partial charge on any atom is -0.478 e. The number of anilines is 1. The van der Waals surface area contributed by atoms with Gasteiger partial charge in [0, 0.05) is 12.1 Å². The lowest BCUT2D eigenvalue weighted by atomic mass is 10.1. The molecule has 0 amide bonds. The number of hydrogen-bond donors (Lipinski definition) is 1. The molecule has 4 heteroatoms. The summed E-state index contributed by atoms with van der Waals surface area (Å²) in [5.41, 5.74) is 1.36. The molecule has 0 aliphatic heterocycles. The third-order valence-electron chi connectivity index (χ3n) is 3.20. The SMILES string of the molecule is CCCOc1cc(NC(C)CCc2ccccc2)ncn1. The number of benzene rings is 1. The zero-order valence-electron chi connectivity index (χ0n) is 12.7. The highest BCUT2D eigenvalue weighted by Crippen LogP contribution is 2.14. The van der Waals surface area contributed by atoms with Crippen LogP contribution in [-0.2, 0) is 6.42 Å². The average Bonchev–Trinajstić information content (AvgIpc) is 2.52. The van der Waals surface area contributed by atoms with Gasteiger partial charge in [-0.2, -0.15) is 0 Å². The Bertz CT molecular complexity index is 531. The Balaban J connectivity index is 1.83. The molecule has 4 nitrogen and oxygen atoms in total. The molecule has 1 N–H and O–H groups in total. The highest BCUT2D eigenvalue weighted by atomic mass is 16.5. The number of ether oxygens (including phenoxy) is 1. The van der Waals surface area contributed by atoms with Gasteiger partial charge in [0.15, 0.2) is 0 Å². The summed E-state index contributed by atoms with van der Waals surface area (Å²) < 4.78 is 5.52. The maximum absolute atomic E-state index is 5.52. The Kier molecular flexibility index (Phi) is 6.00. The van der Waals surface area contributed by atoms with Crippen molar-refractivity contribution < 1.29 is 4.74 Å². The van der Waals surface area contributed by atoms with E-state index in [0.717, 1.165) is 25.1 Å². The molecule has 0 spiro atoms. The second kappa shape index (κ2) is 8.25. The molecule has 2 rings (SSSR count). The molecular weight excluding hydrogens is 262 g/mol. The first-order chi connectivity index (χ1) is 10.3. The van der Waals surface area contributed by atoms with E-state index in [9.17, 15) is 0 Å². The molecule has 0 aliphatic carbocycles. The predicted octanol–water partition coefficient (Wildman–Crippen LogP) is 3.70. The lowest BCUT2D eigenvalue weighted by Crippen LogP contribution is -2.17. The Morgan fingerprint density at radius 1 is 1.19 bits per heavy atom. The topological polar surface area (TPSA) is 47.0 Å². The monoisotopic (exact) mass is 285 g/mol. The fraction of sp³-hybridized carbons (Fsp3) is 0.412. The van der Waals surface area contributed by atoms with Gasteiger partial charge in [0.05, 0.1) is 6.61 Å². The van der Waals surface area contributed by atoms with Crippen molar-refractivity contribution in [1.82, 2.24) is 9.97 Å². The first-order valence-electron chi connectivity index (χ1n) is 7.53. The molecule has 1 heterocycles. The van der Waals surface area contributed by atoms with E-state index >= 15 is 0 Å². The van der Waals surface area contributed by atoms with Crippen LogP contribution >= 0.6 is 0 Å². The van der Waals surface area contributed by atoms with Crippen LogP contribution in [0.4, 0.5) is 5.82 Å². The molecule has 0 aliphatic rings. The summed E-state index contributed by atoms with van der Waals surface area (Å²) in [5.74, 6) is 1.45. The van der Waals surface area contributed by atoms with Gasteiger partial charge < -0.3 is 10.1 Å². The van der Waals surface area contributed by atoms with Crippen molar-refractivity contribution in [3.8, 4) is 5.88 Å². The summed E-state index contributed by atoms with van der Waals surface area (Å²) in [6.07, 6.45) is 4.62. The number of nitrogens with zero attached hydrogens (tertiary/aromatic N) is 2. The van der Waals surface area contributed by atoms with Gasteiger partial charge in [0.2, 0.25) is 5.88 Å². The standard InChI is InChI=1S/C17H23N3O/c1-3-11-21-17-12-16(18-13-19-17)20-14(2)9-10-15-7-5-4-6-8-15/h4-8,12-14H,3,9-11H2,1-2H3,(H,18,19,20). The fourth-order valence-electron chi connectivity index (χ4n) is 2.06. The number of nitrogens with one attached hydrogen (secondary N) is 1. The lowest BCUT2D eigenvalue weighted by molar-refractivity contribution is 0.305. The van der Waals surface area contributed by atoms with Gasteiger partial charge in [-0.15, -0.1) is 0 Å². The minimum atomic E-state index is 0.346. The van der Waals surface area contributed by atoms with Crippen molar-refractivity contribution >= 4 is 5.82 Å². The van der Waals surface area contributed by atoms with Gasteiger partial charge in [0.25, 0.3) is 0 Å². The van der Waals surface area contributed by atoms with Crippen LogP contribution in [0, 0.1) is 0 Å². The molecule has 1 aromatic carbocycles. The summed E-state index contributed by atoms with van der Waals surface area (Å²) in [7, 11) is 0. The first-order valence-corrected chi connectivity index (χ1v) is 7.53. The van der Waals surface area contributed by atoms with Crippen LogP contribution < -0.4 is 10.1 Å². The maximum Gasteiger partial charge on any atom is 0.218 e. The minimum absolute atomic E-state index is 0.346. The van der Waals surface area contributed by atoms with E-state index < -0.39 is 0 Å². The van der Waals surface area contributed by atoms with E-state index in [1.165, 1.54) is 11.9 Å². The number of rotatable bonds is 8. The van der Waals surface area contributed by atoms with Gasteiger partial charge in [0.1, 0.15) is 12.1 Å². The van der Waals surface area contributed by atoms with Gasteiger partial charge in [-0.25, -0.2) is 9.97 Å². The summed E-state index contributed by atoms with van der Waals surface area (Å²) in [4.78, 5) is 8.34. The quantitative estimate of drug-likeness (QED) is 0.803. The zero-order chi connectivity index (χ0) is 14.9. The highest BCUT2D eigenvalue weighted by molar-refractivity contribution is 5.38. The number of hydrogen-bond acceptors (Lipinski definition) is 4. The number of aryl methyl sites for hydroxylation is 1. The van der Waals surface area contributed by atoms with Crippen LogP contribution in [0.1, 0.15) is 32.3 Å². The molecule has 0 fully saturated rings. The Morgan fingerprint density at radius 2 is 2.00 bits per heavy atom. The Labute approximate surface area is 126 Å². The zero-order valence-corrected chi connectivity index (χ0v) is 12.7. The molecule has 112 valence electrons. The molecular formula is C17H23N3O. The van der Waals surface area contributed by atoms with Gasteiger partial charge in [-0.3, -0.25) is 0 Å². The molecule has 2 aromatic rings. The van der Waals surface area contributed by atoms with Crippen molar-refractivity contribution in [3.63, 3.8) is 0 Å². The number of aromatic nitrogens is 2. The molecule has 0 radical (unpaired) electrons. The van der Waals surface area contributed by atoms with Crippen molar-refractivity contribution in [2.24, 2.45) is 0 Å². The summed E-state index contributed by atoms with van der Waals surface area (Å²) in [5, 5.41) is 3.40. The van der Waals surface area contributed by atoms with Crippen molar-refractivity contribution in [2.45, 2.75) is 39.2 Å². The molecule has 0 bridgehead atoms. The van der Waals surface area contributed by atoms with Crippen molar-refractivity contribution in [1.29, 1.82) is 0 Å². The van der Waals surface area contributed by atoms with Crippen LogP contribution in [0.15, 0.2) is 42.7 Å². The molecule has 0 saturated heterocycles. The molecule has 1 aromatic heterocycles. The molecule has 1 unspecified atom stereocenters. The fourth-order valence-corrected chi connectivity index (χ4v) is 2.06.